The Morgan fingerprint density at radius 3 is 2.56 bits per heavy atom. The summed E-state index contributed by atoms with van der Waals surface area (Å²) < 4.78 is 25.6. The average Bonchev–Trinajstić information content (AvgIpc) is 2.18. The quantitative estimate of drug-likeness (QED) is 0.816. The molecule has 1 aromatic rings. The molecule has 0 unspecified atom stereocenters. The van der Waals surface area contributed by atoms with Gasteiger partial charge in [0.05, 0.1) is 6.04 Å². The van der Waals surface area contributed by atoms with Crippen molar-refractivity contribution in [3.05, 3.63) is 35.4 Å². The first-order valence-corrected chi connectivity index (χ1v) is 5.02. The monoisotopic (exact) mass is 226 g/mol. The fourth-order valence-corrected chi connectivity index (χ4v) is 1.55. The highest BCUT2D eigenvalue weighted by atomic mass is 19.2. The number of carbonyl (C=O) groups is 1. The Hall–Kier alpha value is -1.49. The zero-order valence-electron chi connectivity index (χ0n) is 8.84. The molecule has 5 heteroatoms. The fraction of sp³-hybridized carbons (Fsp3) is 0.364. The van der Waals surface area contributed by atoms with Crippen LogP contribution < -0.4 is 5.32 Å². The minimum Gasteiger partial charge on any atom is -0.336 e. The van der Waals surface area contributed by atoms with Crippen molar-refractivity contribution in [1.82, 2.24) is 10.2 Å². The summed E-state index contributed by atoms with van der Waals surface area (Å²) in [6, 6.07) is 3.33. The van der Waals surface area contributed by atoms with Gasteiger partial charge in [0.15, 0.2) is 11.6 Å². The molecule has 1 aromatic carbocycles. The third kappa shape index (κ3) is 1.90. The van der Waals surface area contributed by atoms with Gasteiger partial charge in [-0.1, -0.05) is 0 Å². The predicted molar refractivity (Wildman–Crippen MR) is 55.1 cm³/mol. The summed E-state index contributed by atoms with van der Waals surface area (Å²) in [5.41, 5.74) is 0.174. The number of halogens is 2. The van der Waals surface area contributed by atoms with Crippen molar-refractivity contribution in [2.24, 2.45) is 0 Å². The van der Waals surface area contributed by atoms with Crippen LogP contribution in [0.5, 0.6) is 0 Å². The van der Waals surface area contributed by atoms with Crippen LogP contribution in [-0.2, 0) is 0 Å². The van der Waals surface area contributed by atoms with Gasteiger partial charge in [0.2, 0.25) is 0 Å². The summed E-state index contributed by atoms with van der Waals surface area (Å²) in [7, 11) is 1.66. The number of hydrogen-bond donors (Lipinski definition) is 1. The van der Waals surface area contributed by atoms with E-state index in [9.17, 15) is 13.6 Å². The molecule has 1 aliphatic heterocycles. The molecule has 0 saturated carbocycles. The van der Waals surface area contributed by atoms with E-state index in [1.54, 1.807) is 11.9 Å². The van der Waals surface area contributed by atoms with Crippen molar-refractivity contribution in [3.8, 4) is 0 Å². The van der Waals surface area contributed by atoms with Crippen LogP contribution in [0.4, 0.5) is 8.78 Å². The summed E-state index contributed by atoms with van der Waals surface area (Å²) in [4.78, 5) is 13.4. The molecule has 16 heavy (non-hydrogen) atoms. The van der Waals surface area contributed by atoms with Crippen LogP contribution in [0.3, 0.4) is 0 Å². The predicted octanol–water partition coefficient (Wildman–Crippen LogP) is 1.01. The highest BCUT2D eigenvalue weighted by Gasteiger charge is 2.26. The van der Waals surface area contributed by atoms with Gasteiger partial charge in [-0.05, 0) is 18.2 Å². The molecule has 1 N–H and O–H groups in total. The second-order valence-electron chi connectivity index (χ2n) is 3.86. The van der Waals surface area contributed by atoms with E-state index < -0.39 is 11.6 Å². The lowest BCUT2D eigenvalue weighted by atomic mass is 10.1. The summed E-state index contributed by atoms with van der Waals surface area (Å²) in [5, 5.41) is 3.04. The number of benzene rings is 1. The van der Waals surface area contributed by atoms with E-state index >= 15 is 0 Å². The first kappa shape index (κ1) is 11.0. The van der Waals surface area contributed by atoms with E-state index in [1.165, 1.54) is 6.07 Å². The Labute approximate surface area is 92.1 Å². The first-order valence-electron chi connectivity index (χ1n) is 5.02. The van der Waals surface area contributed by atoms with Gasteiger partial charge in [-0.15, -0.1) is 0 Å². The van der Waals surface area contributed by atoms with Crippen molar-refractivity contribution in [3.63, 3.8) is 0 Å². The van der Waals surface area contributed by atoms with Crippen LogP contribution in [0.2, 0.25) is 0 Å². The maximum absolute atomic E-state index is 12.9. The van der Waals surface area contributed by atoms with Gasteiger partial charge in [-0.25, -0.2) is 8.78 Å². The standard InChI is InChI=1S/C11H12F2N2O/c1-15(8-5-14-6-8)11(16)7-2-3-9(12)10(13)4-7/h2-4,8,14H,5-6H2,1H3. The zero-order chi connectivity index (χ0) is 11.7. The maximum atomic E-state index is 12.9. The minimum atomic E-state index is -0.994. The fourth-order valence-electron chi connectivity index (χ4n) is 1.55. The SMILES string of the molecule is CN(C(=O)c1ccc(F)c(F)c1)C1CNC1. The summed E-state index contributed by atoms with van der Waals surface area (Å²) >= 11 is 0. The molecule has 0 spiro atoms. The van der Waals surface area contributed by atoms with Crippen LogP contribution in [0.15, 0.2) is 18.2 Å². The van der Waals surface area contributed by atoms with Gasteiger partial charge in [0.25, 0.3) is 5.91 Å². The van der Waals surface area contributed by atoms with Gasteiger partial charge in [0, 0.05) is 25.7 Å². The number of likely N-dealkylation sites (N-methyl/N-ethyl adjacent to an activating group) is 1. The smallest absolute Gasteiger partial charge is 0.254 e. The topological polar surface area (TPSA) is 32.3 Å². The van der Waals surface area contributed by atoms with Gasteiger partial charge in [-0.2, -0.15) is 0 Å². The highest BCUT2D eigenvalue weighted by Crippen LogP contribution is 2.13. The Bertz CT molecular complexity index is 418. The molecule has 0 aromatic heterocycles. The zero-order valence-corrected chi connectivity index (χ0v) is 8.84. The van der Waals surface area contributed by atoms with Crippen molar-refractivity contribution in [2.75, 3.05) is 20.1 Å². The number of nitrogens with one attached hydrogen (secondary N) is 1. The molecule has 0 bridgehead atoms. The van der Waals surface area contributed by atoms with Gasteiger partial charge in [-0.3, -0.25) is 4.79 Å². The number of hydrogen-bond acceptors (Lipinski definition) is 2. The van der Waals surface area contributed by atoms with E-state index in [0.29, 0.717) is 0 Å². The highest BCUT2D eigenvalue weighted by molar-refractivity contribution is 5.94. The largest absolute Gasteiger partial charge is 0.336 e. The van der Waals surface area contributed by atoms with Crippen LogP contribution >= 0.6 is 0 Å². The molecule has 86 valence electrons. The lowest BCUT2D eigenvalue weighted by Crippen LogP contribution is -2.57. The lowest BCUT2D eigenvalue weighted by Gasteiger charge is -2.35. The van der Waals surface area contributed by atoms with Crippen LogP contribution in [0.25, 0.3) is 0 Å². The average molecular weight is 226 g/mol. The van der Waals surface area contributed by atoms with E-state index in [-0.39, 0.29) is 17.5 Å². The van der Waals surface area contributed by atoms with Crippen molar-refractivity contribution in [1.29, 1.82) is 0 Å². The number of amides is 1. The molecular formula is C11H12F2N2O. The molecular weight excluding hydrogens is 214 g/mol. The minimum absolute atomic E-state index is 0.139. The van der Waals surface area contributed by atoms with Crippen molar-refractivity contribution < 1.29 is 13.6 Å². The molecule has 1 aliphatic rings. The third-order valence-electron chi connectivity index (χ3n) is 2.79. The van der Waals surface area contributed by atoms with E-state index in [4.69, 9.17) is 0 Å². The number of carbonyl (C=O) groups excluding carboxylic acids is 1. The number of nitrogens with zero attached hydrogens (tertiary/aromatic N) is 1. The summed E-state index contributed by atoms with van der Waals surface area (Å²) in [6.07, 6.45) is 0. The van der Waals surface area contributed by atoms with Crippen LogP contribution in [0, 0.1) is 11.6 Å². The molecule has 1 amide bonds. The Kier molecular flexibility index (Phi) is 2.87. The molecule has 1 fully saturated rings. The van der Waals surface area contributed by atoms with Crippen LogP contribution in [-0.4, -0.2) is 37.0 Å². The maximum Gasteiger partial charge on any atom is 0.254 e. The molecule has 1 saturated heterocycles. The van der Waals surface area contributed by atoms with Crippen molar-refractivity contribution in [2.45, 2.75) is 6.04 Å². The summed E-state index contributed by atoms with van der Waals surface area (Å²) in [5.74, 6) is -2.22. The molecule has 0 aliphatic carbocycles. The van der Waals surface area contributed by atoms with Gasteiger partial charge < -0.3 is 10.2 Å². The second kappa shape index (κ2) is 4.17. The molecule has 0 radical (unpaired) electrons. The Morgan fingerprint density at radius 1 is 1.38 bits per heavy atom. The first-order chi connectivity index (χ1) is 7.59. The second-order valence-corrected chi connectivity index (χ2v) is 3.86. The van der Waals surface area contributed by atoms with Gasteiger partial charge in [0.1, 0.15) is 0 Å². The normalized spacial score (nSPS) is 15.7. The molecule has 2 rings (SSSR count). The molecule has 3 nitrogen and oxygen atoms in total. The molecule has 0 atom stereocenters. The van der Waals surface area contributed by atoms with E-state index in [0.717, 1.165) is 25.2 Å². The number of rotatable bonds is 2. The molecule has 1 heterocycles. The Balaban J connectivity index is 2.16. The van der Waals surface area contributed by atoms with Crippen molar-refractivity contribution >= 4 is 5.91 Å². The summed E-state index contributed by atoms with van der Waals surface area (Å²) in [6.45, 7) is 1.48. The van der Waals surface area contributed by atoms with E-state index in [2.05, 4.69) is 5.32 Å². The Morgan fingerprint density at radius 2 is 2.06 bits per heavy atom. The van der Waals surface area contributed by atoms with E-state index in [1.807, 2.05) is 0 Å². The van der Waals surface area contributed by atoms with Crippen LogP contribution in [0.1, 0.15) is 10.4 Å². The lowest BCUT2D eigenvalue weighted by molar-refractivity contribution is 0.0680. The third-order valence-corrected chi connectivity index (χ3v) is 2.79. The van der Waals surface area contributed by atoms with Gasteiger partial charge >= 0.3 is 0 Å².